The van der Waals surface area contributed by atoms with Crippen molar-refractivity contribution in [3.63, 3.8) is 0 Å². The quantitative estimate of drug-likeness (QED) is 0.872. The SMILES string of the molecule is CCC(N)C(c1ccccc1Cl)N(C)C(C)C. The molecule has 96 valence electrons. The molecule has 17 heavy (non-hydrogen) atoms. The van der Waals surface area contributed by atoms with Crippen molar-refractivity contribution < 1.29 is 0 Å². The number of nitrogens with zero attached hydrogens (tertiary/aromatic N) is 1. The minimum absolute atomic E-state index is 0.0994. The number of rotatable bonds is 5. The Morgan fingerprint density at radius 3 is 2.35 bits per heavy atom. The maximum Gasteiger partial charge on any atom is 0.0513 e. The second-order valence-electron chi connectivity index (χ2n) is 4.80. The second-order valence-corrected chi connectivity index (χ2v) is 5.20. The van der Waals surface area contributed by atoms with Gasteiger partial charge in [-0.25, -0.2) is 0 Å². The highest BCUT2D eigenvalue weighted by molar-refractivity contribution is 6.31. The molecule has 0 spiro atoms. The van der Waals surface area contributed by atoms with Crippen molar-refractivity contribution in [3.05, 3.63) is 34.9 Å². The number of hydrogen-bond acceptors (Lipinski definition) is 2. The van der Waals surface area contributed by atoms with E-state index in [0.29, 0.717) is 6.04 Å². The summed E-state index contributed by atoms with van der Waals surface area (Å²) >= 11 is 6.29. The van der Waals surface area contributed by atoms with Crippen LogP contribution in [0.1, 0.15) is 38.8 Å². The molecule has 1 aromatic rings. The fourth-order valence-electron chi connectivity index (χ4n) is 2.01. The number of hydrogen-bond donors (Lipinski definition) is 1. The maximum atomic E-state index is 6.29. The van der Waals surface area contributed by atoms with Crippen molar-refractivity contribution in [1.29, 1.82) is 0 Å². The summed E-state index contributed by atoms with van der Waals surface area (Å²) in [6, 6.07) is 8.69. The van der Waals surface area contributed by atoms with Gasteiger partial charge in [-0.1, -0.05) is 36.7 Å². The molecule has 1 rings (SSSR count). The van der Waals surface area contributed by atoms with Gasteiger partial charge in [-0.3, -0.25) is 4.90 Å². The van der Waals surface area contributed by atoms with E-state index in [1.165, 1.54) is 0 Å². The first kappa shape index (κ1) is 14.5. The summed E-state index contributed by atoms with van der Waals surface area (Å²) in [6.07, 6.45) is 0.937. The van der Waals surface area contributed by atoms with Crippen LogP contribution in [-0.2, 0) is 0 Å². The van der Waals surface area contributed by atoms with Crippen molar-refractivity contribution in [3.8, 4) is 0 Å². The molecule has 2 N–H and O–H groups in total. The zero-order chi connectivity index (χ0) is 13.0. The Bertz CT molecular complexity index is 352. The van der Waals surface area contributed by atoms with Crippen LogP contribution in [0.5, 0.6) is 0 Å². The predicted molar refractivity (Wildman–Crippen MR) is 75.4 cm³/mol. The van der Waals surface area contributed by atoms with Gasteiger partial charge in [0.25, 0.3) is 0 Å². The molecule has 2 unspecified atom stereocenters. The van der Waals surface area contributed by atoms with E-state index in [-0.39, 0.29) is 12.1 Å². The van der Waals surface area contributed by atoms with Crippen LogP contribution >= 0.6 is 11.6 Å². The molecule has 0 saturated carbocycles. The van der Waals surface area contributed by atoms with Crippen molar-refractivity contribution >= 4 is 11.6 Å². The number of likely N-dealkylation sites (N-methyl/N-ethyl adjacent to an activating group) is 1. The van der Waals surface area contributed by atoms with Crippen molar-refractivity contribution in [2.45, 2.75) is 45.3 Å². The molecule has 3 heteroatoms. The molecule has 2 nitrogen and oxygen atoms in total. The van der Waals surface area contributed by atoms with E-state index in [1.807, 2.05) is 18.2 Å². The minimum atomic E-state index is 0.0994. The van der Waals surface area contributed by atoms with E-state index < -0.39 is 0 Å². The van der Waals surface area contributed by atoms with Gasteiger partial charge in [0, 0.05) is 17.1 Å². The molecule has 2 atom stereocenters. The van der Waals surface area contributed by atoms with Crippen LogP contribution in [0.15, 0.2) is 24.3 Å². The Hall–Kier alpha value is -0.570. The van der Waals surface area contributed by atoms with Gasteiger partial charge in [0.15, 0.2) is 0 Å². The zero-order valence-electron chi connectivity index (χ0n) is 11.2. The molecular weight excluding hydrogens is 232 g/mol. The minimum Gasteiger partial charge on any atom is -0.326 e. The van der Waals surface area contributed by atoms with Crippen molar-refractivity contribution in [2.24, 2.45) is 5.73 Å². The summed E-state index contributed by atoms with van der Waals surface area (Å²) in [4.78, 5) is 2.29. The molecule has 0 aromatic heterocycles. The van der Waals surface area contributed by atoms with Gasteiger partial charge in [0.2, 0.25) is 0 Å². The lowest BCUT2D eigenvalue weighted by molar-refractivity contribution is 0.168. The molecule has 0 bridgehead atoms. The van der Waals surface area contributed by atoms with Gasteiger partial charge in [0.05, 0.1) is 6.04 Å². The normalized spacial score (nSPS) is 15.3. The van der Waals surface area contributed by atoms with E-state index in [2.05, 4.69) is 38.8 Å². The number of benzene rings is 1. The summed E-state index contributed by atoms with van der Waals surface area (Å²) in [6.45, 7) is 6.46. The molecule has 0 amide bonds. The summed E-state index contributed by atoms with van der Waals surface area (Å²) in [5, 5.41) is 0.800. The number of halogens is 1. The molecule has 0 aliphatic rings. The third kappa shape index (κ3) is 3.44. The van der Waals surface area contributed by atoms with E-state index in [9.17, 15) is 0 Å². The molecule has 0 heterocycles. The fourth-order valence-corrected chi connectivity index (χ4v) is 2.26. The van der Waals surface area contributed by atoms with Crippen LogP contribution < -0.4 is 5.73 Å². The van der Waals surface area contributed by atoms with Gasteiger partial charge >= 0.3 is 0 Å². The van der Waals surface area contributed by atoms with E-state index in [1.54, 1.807) is 0 Å². The first-order valence-electron chi connectivity index (χ1n) is 6.21. The maximum absolute atomic E-state index is 6.29. The Labute approximate surface area is 110 Å². The van der Waals surface area contributed by atoms with Crippen molar-refractivity contribution in [1.82, 2.24) is 4.90 Å². The Morgan fingerprint density at radius 1 is 1.29 bits per heavy atom. The van der Waals surface area contributed by atoms with Gasteiger partial charge in [-0.15, -0.1) is 0 Å². The topological polar surface area (TPSA) is 29.3 Å². The number of nitrogens with two attached hydrogens (primary N) is 1. The van der Waals surface area contributed by atoms with E-state index in [4.69, 9.17) is 17.3 Å². The van der Waals surface area contributed by atoms with Crippen LogP contribution in [0.3, 0.4) is 0 Å². The highest BCUT2D eigenvalue weighted by Crippen LogP contribution is 2.30. The highest BCUT2D eigenvalue weighted by atomic mass is 35.5. The summed E-state index contributed by atoms with van der Waals surface area (Å²) in [5.41, 5.74) is 7.38. The summed E-state index contributed by atoms with van der Waals surface area (Å²) in [7, 11) is 2.11. The van der Waals surface area contributed by atoms with Gasteiger partial charge in [-0.05, 0) is 38.9 Å². The average Bonchev–Trinajstić information content (AvgIpc) is 2.31. The Balaban J connectivity index is 3.11. The third-order valence-corrected chi connectivity index (χ3v) is 3.70. The van der Waals surface area contributed by atoms with Gasteiger partial charge in [-0.2, -0.15) is 0 Å². The summed E-state index contributed by atoms with van der Waals surface area (Å²) in [5.74, 6) is 0. The molecule has 0 radical (unpaired) electrons. The molecular formula is C14H23ClN2. The molecule has 0 fully saturated rings. The van der Waals surface area contributed by atoms with E-state index >= 15 is 0 Å². The molecule has 0 aliphatic heterocycles. The first-order chi connectivity index (χ1) is 7.99. The largest absolute Gasteiger partial charge is 0.326 e. The zero-order valence-corrected chi connectivity index (χ0v) is 11.9. The predicted octanol–water partition coefficient (Wildman–Crippen LogP) is 3.46. The summed E-state index contributed by atoms with van der Waals surface area (Å²) < 4.78 is 0. The standard InChI is InChI=1S/C14H23ClN2/c1-5-13(16)14(17(4)10(2)3)11-8-6-7-9-12(11)15/h6-10,13-14H,5,16H2,1-4H3. The molecule has 0 aliphatic carbocycles. The lowest BCUT2D eigenvalue weighted by atomic mass is 9.95. The Morgan fingerprint density at radius 2 is 1.88 bits per heavy atom. The lowest BCUT2D eigenvalue weighted by Crippen LogP contribution is -2.42. The van der Waals surface area contributed by atoms with Gasteiger partial charge < -0.3 is 5.73 Å². The molecule has 1 aromatic carbocycles. The lowest BCUT2D eigenvalue weighted by Gasteiger charge is -2.36. The van der Waals surface area contributed by atoms with Crippen LogP contribution in [0.4, 0.5) is 0 Å². The Kier molecular flexibility index (Phi) is 5.44. The third-order valence-electron chi connectivity index (χ3n) is 3.35. The fraction of sp³-hybridized carbons (Fsp3) is 0.571. The highest BCUT2D eigenvalue weighted by Gasteiger charge is 2.26. The first-order valence-corrected chi connectivity index (χ1v) is 6.58. The average molecular weight is 255 g/mol. The van der Waals surface area contributed by atoms with Crippen LogP contribution in [-0.4, -0.2) is 24.0 Å². The van der Waals surface area contributed by atoms with Gasteiger partial charge in [0.1, 0.15) is 0 Å². The smallest absolute Gasteiger partial charge is 0.0513 e. The van der Waals surface area contributed by atoms with Crippen LogP contribution in [0.25, 0.3) is 0 Å². The van der Waals surface area contributed by atoms with E-state index in [0.717, 1.165) is 17.0 Å². The van der Waals surface area contributed by atoms with Crippen LogP contribution in [0, 0.1) is 0 Å². The molecule has 0 saturated heterocycles. The second kappa shape index (κ2) is 6.39. The monoisotopic (exact) mass is 254 g/mol. The van der Waals surface area contributed by atoms with Crippen LogP contribution in [0.2, 0.25) is 5.02 Å². The van der Waals surface area contributed by atoms with Crippen molar-refractivity contribution in [2.75, 3.05) is 7.05 Å².